The Morgan fingerprint density at radius 3 is 2.88 bits per heavy atom. The van der Waals surface area contributed by atoms with Crippen LogP contribution in [0.2, 0.25) is 0 Å². The van der Waals surface area contributed by atoms with Crippen LogP contribution in [-0.4, -0.2) is 18.6 Å². The summed E-state index contributed by atoms with van der Waals surface area (Å²) < 4.78 is 18.9. The highest BCUT2D eigenvalue weighted by Crippen LogP contribution is 2.21. The maximum atomic E-state index is 13.2. The van der Waals surface area contributed by atoms with Crippen molar-refractivity contribution in [3.05, 3.63) is 28.5 Å². The van der Waals surface area contributed by atoms with E-state index in [0.717, 1.165) is 6.42 Å². The molecule has 0 fully saturated rings. The van der Waals surface area contributed by atoms with E-state index in [2.05, 4.69) is 21.2 Å². The maximum absolute atomic E-state index is 13.2. The third-order valence-electron chi connectivity index (χ3n) is 2.12. The third-order valence-corrected chi connectivity index (χ3v) is 2.77. The van der Waals surface area contributed by atoms with Gasteiger partial charge in [0.1, 0.15) is 11.6 Å². The fraction of sp³-hybridized carbons (Fsp3) is 0.417. The lowest BCUT2D eigenvalue weighted by Gasteiger charge is -2.14. The Kier molecular flexibility index (Phi) is 5.41. The van der Waals surface area contributed by atoms with E-state index in [9.17, 15) is 9.18 Å². The van der Waals surface area contributed by atoms with Crippen molar-refractivity contribution >= 4 is 21.8 Å². The summed E-state index contributed by atoms with van der Waals surface area (Å²) in [5, 5.41) is 2.71. The van der Waals surface area contributed by atoms with Gasteiger partial charge in [0.2, 0.25) is 0 Å². The molecular formula is C12H15BrFNO2. The number of carbonyl (C=O) groups is 1. The monoisotopic (exact) mass is 303 g/mol. The molecular weight excluding hydrogens is 289 g/mol. The zero-order valence-electron chi connectivity index (χ0n) is 9.80. The SMILES string of the molecule is CCCNC(=O)C(C)Oc1ccc(Br)c(F)c1. The van der Waals surface area contributed by atoms with Crippen molar-refractivity contribution in [1.82, 2.24) is 5.32 Å². The first-order valence-electron chi connectivity index (χ1n) is 5.44. The number of halogens is 2. The van der Waals surface area contributed by atoms with Crippen LogP contribution in [0.1, 0.15) is 20.3 Å². The van der Waals surface area contributed by atoms with E-state index in [1.54, 1.807) is 19.1 Å². The fourth-order valence-electron chi connectivity index (χ4n) is 1.20. The lowest BCUT2D eigenvalue weighted by Crippen LogP contribution is -2.36. The first kappa shape index (κ1) is 14.0. The molecule has 5 heteroatoms. The molecule has 1 atom stereocenters. The molecule has 1 rings (SSSR count). The highest BCUT2D eigenvalue weighted by atomic mass is 79.9. The Labute approximate surface area is 108 Å². The lowest BCUT2D eigenvalue weighted by atomic mass is 10.3. The van der Waals surface area contributed by atoms with Gasteiger partial charge in [-0.3, -0.25) is 4.79 Å². The number of hydrogen-bond donors (Lipinski definition) is 1. The number of hydrogen-bond acceptors (Lipinski definition) is 2. The van der Waals surface area contributed by atoms with Gasteiger partial charge >= 0.3 is 0 Å². The smallest absolute Gasteiger partial charge is 0.260 e. The van der Waals surface area contributed by atoms with Crippen molar-refractivity contribution in [2.75, 3.05) is 6.54 Å². The second-order valence-corrected chi connectivity index (χ2v) is 4.48. The number of ether oxygens (including phenoxy) is 1. The van der Waals surface area contributed by atoms with E-state index in [1.807, 2.05) is 6.92 Å². The molecule has 1 amide bonds. The van der Waals surface area contributed by atoms with Crippen LogP contribution in [0.15, 0.2) is 22.7 Å². The van der Waals surface area contributed by atoms with Gasteiger partial charge in [-0.2, -0.15) is 0 Å². The Bertz CT molecular complexity index is 398. The van der Waals surface area contributed by atoms with E-state index < -0.39 is 11.9 Å². The van der Waals surface area contributed by atoms with E-state index in [0.29, 0.717) is 16.8 Å². The molecule has 0 spiro atoms. The largest absolute Gasteiger partial charge is 0.481 e. The molecule has 0 radical (unpaired) electrons. The Balaban J connectivity index is 2.58. The summed E-state index contributed by atoms with van der Waals surface area (Å²) >= 11 is 3.05. The molecule has 0 bridgehead atoms. The Morgan fingerprint density at radius 2 is 2.29 bits per heavy atom. The zero-order valence-corrected chi connectivity index (χ0v) is 11.4. The quantitative estimate of drug-likeness (QED) is 0.908. The van der Waals surface area contributed by atoms with Crippen LogP contribution in [0.3, 0.4) is 0 Å². The van der Waals surface area contributed by atoms with Crippen molar-refractivity contribution < 1.29 is 13.9 Å². The average molecular weight is 304 g/mol. The summed E-state index contributed by atoms with van der Waals surface area (Å²) in [7, 11) is 0. The van der Waals surface area contributed by atoms with Crippen molar-refractivity contribution in [3.8, 4) is 5.75 Å². The highest BCUT2D eigenvalue weighted by Gasteiger charge is 2.14. The van der Waals surface area contributed by atoms with Gasteiger partial charge in [-0.25, -0.2) is 4.39 Å². The van der Waals surface area contributed by atoms with Crippen molar-refractivity contribution in [2.24, 2.45) is 0 Å². The molecule has 1 unspecified atom stereocenters. The summed E-state index contributed by atoms with van der Waals surface area (Å²) in [5.41, 5.74) is 0. The predicted octanol–water partition coefficient (Wildman–Crippen LogP) is 2.88. The molecule has 0 saturated carbocycles. The average Bonchev–Trinajstić information content (AvgIpc) is 2.30. The normalized spacial score (nSPS) is 12.0. The molecule has 17 heavy (non-hydrogen) atoms. The Morgan fingerprint density at radius 1 is 1.59 bits per heavy atom. The van der Waals surface area contributed by atoms with Gasteiger partial charge in [0, 0.05) is 12.6 Å². The zero-order chi connectivity index (χ0) is 12.8. The standard InChI is InChI=1S/C12H15BrFNO2/c1-3-6-15-12(16)8(2)17-9-4-5-10(13)11(14)7-9/h4-5,7-8H,3,6H2,1-2H3,(H,15,16). The second-order valence-electron chi connectivity index (χ2n) is 3.63. The van der Waals surface area contributed by atoms with Crippen LogP contribution >= 0.6 is 15.9 Å². The molecule has 0 aromatic heterocycles. The fourth-order valence-corrected chi connectivity index (χ4v) is 1.45. The summed E-state index contributed by atoms with van der Waals surface area (Å²) in [6.07, 6.45) is 0.230. The van der Waals surface area contributed by atoms with E-state index in [-0.39, 0.29) is 5.91 Å². The summed E-state index contributed by atoms with van der Waals surface area (Å²) in [6, 6.07) is 4.39. The molecule has 0 heterocycles. The molecule has 3 nitrogen and oxygen atoms in total. The van der Waals surface area contributed by atoms with E-state index in [1.165, 1.54) is 6.07 Å². The number of benzene rings is 1. The van der Waals surface area contributed by atoms with Crippen molar-refractivity contribution in [2.45, 2.75) is 26.4 Å². The van der Waals surface area contributed by atoms with Crippen LogP contribution in [-0.2, 0) is 4.79 Å². The van der Waals surface area contributed by atoms with Gasteiger partial charge in [0.15, 0.2) is 6.10 Å². The maximum Gasteiger partial charge on any atom is 0.260 e. The van der Waals surface area contributed by atoms with Crippen LogP contribution in [0.25, 0.3) is 0 Å². The van der Waals surface area contributed by atoms with Gasteiger partial charge in [0.05, 0.1) is 4.47 Å². The minimum Gasteiger partial charge on any atom is -0.481 e. The van der Waals surface area contributed by atoms with Crippen LogP contribution in [0, 0.1) is 5.82 Å². The molecule has 0 aliphatic rings. The molecule has 0 aliphatic carbocycles. The van der Waals surface area contributed by atoms with Gasteiger partial charge in [-0.15, -0.1) is 0 Å². The van der Waals surface area contributed by atoms with Crippen LogP contribution < -0.4 is 10.1 Å². The minimum absolute atomic E-state index is 0.199. The topological polar surface area (TPSA) is 38.3 Å². The van der Waals surface area contributed by atoms with E-state index in [4.69, 9.17) is 4.74 Å². The predicted molar refractivity (Wildman–Crippen MR) is 67.5 cm³/mol. The summed E-state index contributed by atoms with van der Waals surface area (Å²) in [6.45, 7) is 4.21. The molecule has 1 aromatic rings. The van der Waals surface area contributed by atoms with Crippen LogP contribution in [0.5, 0.6) is 5.75 Å². The van der Waals surface area contributed by atoms with Crippen molar-refractivity contribution in [1.29, 1.82) is 0 Å². The molecule has 94 valence electrons. The van der Waals surface area contributed by atoms with Gasteiger partial charge in [0.25, 0.3) is 5.91 Å². The van der Waals surface area contributed by atoms with Gasteiger partial charge in [-0.05, 0) is 41.4 Å². The number of amides is 1. The highest BCUT2D eigenvalue weighted by molar-refractivity contribution is 9.10. The van der Waals surface area contributed by atoms with Crippen molar-refractivity contribution in [3.63, 3.8) is 0 Å². The molecule has 0 aliphatic heterocycles. The van der Waals surface area contributed by atoms with Crippen LogP contribution in [0.4, 0.5) is 4.39 Å². The van der Waals surface area contributed by atoms with Gasteiger partial charge < -0.3 is 10.1 Å². The molecule has 1 N–H and O–H groups in total. The second kappa shape index (κ2) is 6.59. The third kappa shape index (κ3) is 4.34. The Hall–Kier alpha value is -1.10. The first-order chi connectivity index (χ1) is 8.04. The number of nitrogens with one attached hydrogen (secondary N) is 1. The molecule has 1 aromatic carbocycles. The van der Waals surface area contributed by atoms with E-state index >= 15 is 0 Å². The summed E-state index contributed by atoms with van der Waals surface area (Å²) in [5.74, 6) is -0.274. The number of rotatable bonds is 5. The van der Waals surface area contributed by atoms with Gasteiger partial charge in [-0.1, -0.05) is 6.92 Å². The number of carbonyl (C=O) groups excluding carboxylic acids is 1. The minimum atomic E-state index is -0.637. The molecule has 0 saturated heterocycles. The summed E-state index contributed by atoms with van der Waals surface area (Å²) in [4.78, 5) is 11.5. The first-order valence-corrected chi connectivity index (χ1v) is 6.23. The lowest BCUT2D eigenvalue weighted by molar-refractivity contribution is -0.127.